The fourth-order valence-electron chi connectivity index (χ4n) is 1.85. The molecule has 0 bridgehead atoms. The van der Waals surface area contributed by atoms with Crippen LogP contribution in [0.25, 0.3) is 0 Å². The largest absolute Gasteiger partial charge is 0.329 e. The van der Waals surface area contributed by atoms with E-state index in [0.717, 1.165) is 10.0 Å². The quantitative estimate of drug-likeness (QED) is 0.767. The Balaban J connectivity index is 2.43. The molecule has 0 fully saturated rings. The van der Waals surface area contributed by atoms with Crippen molar-refractivity contribution in [2.75, 3.05) is 0 Å². The van der Waals surface area contributed by atoms with E-state index < -0.39 is 9.05 Å². The number of imidazole rings is 1. The standard InChI is InChI=1S/C12H13BrClN3O2S/c1-8(2)12-16-11(20(14,18)19)7-17(12)6-9-3-10(13)5-15-4-9/h3-5,7-8H,6H2,1-2H3. The summed E-state index contributed by atoms with van der Waals surface area (Å²) in [7, 11) is 1.53. The van der Waals surface area contributed by atoms with Crippen LogP contribution in [-0.4, -0.2) is 23.0 Å². The van der Waals surface area contributed by atoms with Crippen LogP contribution < -0.4 is 0 Å². The van der Waals surface area contributed by atoms with Crippen molar-refractivity contribution in [2.24, 2.45) is 0 Å². The molecule has 5 nitrogen and oxygen atoms in total. The van der Waals surface area contributed by atoms with Gasteiger partial charge in [-0.2, -0.15) is 0 Å². The van der Waals surface area contributed by atoms with Crippen LogP contribution in [0.1, 0.15) is 31.2 Å². The van der Waals surface area contributed by atoms with E-state index in [9.17, 15) is 8.42 Å². The molecular weight excluding hydrogens is 366 g/mol. The molecule has 0 N–H and O–H groups in total. The van der Waals surface area contributed by atoms with Crippen molar-refractivity contribution in [3.05, 3.63) is 40.5 Å². The summed E-state index contributed by atoms with van der Waals surface area (Å²) in [6, 6.07) is 1.92. The second kappa shape index (κ2) is 5.83. The number of hydrogen-bond acceptors (Lipinski definition) is 4. The number of nitrogens with zero attached hydrogens (tertiary/aromatic N) is 3. The maximum Gasteiger partial charge on any atom is 0.280 e. The van der Waals surface area contributed by atoms with Crippen LogP contribution in [0.15, 0.2) is 34.2 Å². The van der Waals surface area contributed by atoms with Gasteiger partial charge >= 0.3 is 0 Å². The zero-order valence-corrected chi connectivity index (χ0v) is 14.1. The van der Waals surface area contributed by atoms with E-state index in [1.165, 1.54) is 6.20 Å². The lowest BCUT2D eigenvalue weighted by Gasteiger charge is -2.09. The highest BCUT2D eigenvalue weighted by Gasteiger charge is 2.19. The molecule has 0 saturated heterocycles. The Bertz CT molecular complexity index is 728. The van der Waals surface area contributed by atoms with Crippen molar-refractivity contribution < 1.29 is 8.42 Å². The molecule has 8 heteroatoms. The molecule has 20 heavy (non-hydrogen) atoms. The molecule has 0 saturated carbocycles. The molecular formula is C12H13BrClN3O2S. The molecule has 2 aromatic heterocycles. The molecule has 0 spiro atoms. The van der Waals surface area contributed by atoms with Gasteiger partial charge in [0.15, 0.2) is 5.03 Å². The Morgan fingerprint density at radius 3 is 2.65 bits per heavy atom. The van der Waals surface area contributed by atoms with E-state index in [1.807, 2.05) is 19.9 Å². The van der Waals surface area contributed by atoms with E-state index in [2.05, 4.69) is 25.9 Å². The van der Waals surface area contributed by atoms with Gasteiger partial charge < -0.3 is 4.57 Å². The predicted octanol–water partition coefficient (Wildman–Crippen LogP) is 3.14. The lowest BCUT2D eigenvalue weighted by atomic mass is 10.2. The van der Waals surface area contributed by atoms with Crippen molar-refractivity contribution in [3.8, 4) is 0 Å². The van der Waals surface area contributed by atoms with Gasteiger partial charge in [0, 0.05) is 39.7 Å². The third-order valence-electron chi connectivity index (χ3n) is 2.67. The molecule has 2 heterocycles. The Labute approximate surface area is 130 Å². The average molecular weight is 379 g/mol. The normalized spacial score (nSPS) is 12.1. The lowest BCUT2D eigenvalue weighted by molar-refractivity contribution is 0.606. The number of rotatable bonds is 4. The van der Waals surface area contributed by atoms with Crippen molar-refractivity contribution >= 4 is 35.7 Å². The Morgan fingerprint density at radius 1 is 1.40 bits per heavy atom. The first-order chi connectivity index (χ1) is 9.27. The van der Waals surface area contributed by atoms with E-state index in [1.54, 1.807) is 17.0 Å². The SMILES string of the molecule is CC(C)c1nc(S(=O)(=O)Cl)cn1Cc1cncc(Br)c1. The fraction of sp³-hybridized carbons (Fsp3) is 0.333. The monoisotopic (exact) mass is 377 g/mol. The van der Waals surface area contributed by atoms with Gasteiger partial charge in [-0.25, -0.2) is 13.4 Å². The highest BCUT2D eigenvalue weighted by atomic mass is 79.9. The van der Waals surface area contributed by atoms with Gasteiger partial charge in [-0.05, 0) is 27.6 Å². The minimum atomic E-state index is -3.82. The molecule has 2 aromatic rings. The van der Waals surface area contributed by atoms with Crippen LogP contribution in [0.2, 0.25) is 0 Å². The first kappa shape index (κ1) is 15.5. The third kappa shape index (κ3) is 3.59. The van der Waals surface area contributed by atoms with Crippen LogP contribution in [0.5, 0.6) is 0 Å². The molecule has 0 aliphatic rings. The zero-order chi connectivity index (χ0) is 14.9. The third-order valence-corrected chi connectivity index (χ3v) is 4.27. The zero-order valence-electron chi connectivity index (χ0n) is 10.9. The summed E-state index contributed by atoms with van der Waals surface area (Å²) in [5.41, 5.74) is 0.942. The number of aromatic nitrogens is 3. The van der Waals surface area contributed by atoms with Gasteiger partial charge in [0.25, 0.3) is 9.05 Å². The van der Waals surface area contributed by atoms with Crippen LogP contribution in [0.3, 0.4) is 0 Å². The van der Waals surface area contributed by atoms with Crippen molar-refractivity contribution in [3.63, 3.8) is 0 Å². The number of hydrogen-bond donors (Lipinski definition) is 0. The highest BCUT2D eigenvalue weighted by molar-refractivity contribution is 9.10. The summed E-state index contributed by atoms with van der Waals surface area (Å²) < 4.78 is 25.4. The van der Waals surface area contributed by atoms with E-state index >= 15 is 0 Å². The first-order valence-electron chi connectivity index (χ1n) is 5.88. The van der Waals surface area contributed by atoms with Gasteiger partial charge in [0.1, 0.15) is 5.82 Å². The van der Waals surface area contributed by atoms with E-state index in [4.69, 9.17) is 10.7 Å². The van der Waals surface area contributed by atoms with Gasteiger partial charge in [0.05, 0.1) is 6.54 Å². The van der Waals surface area contributed by atoms with Crippen molar-refractivity contribution in [2.45, 2.75) is 31.3 Å². The summed E-state index contributed by atoms with van der Waals surface area (Å²) in [6.07, 6.45) is 4.87. The molecule has 0 amide bonds. The average Bonchev–Trinajstić information content (AvgIpc) is 2.72. The fourth-order valence-corrected chi connectivity index (χ4v) is 2.94. The van der Waals surface area contributed by atoms with Crippen molar-refractivity contribution in [1.82, 2.24) is 14.5 Å². The maximum atomic E-state index is 11.4. The summed E-state index contributed by atoms with van der Waals surface area (Å²) in [4.78, 5) is 8.20. The molecule has 0 aliphatic heterocycles. The molecule has 0 aliphatic carbocycles. The van der Waals surface area contributed by atoms with Crippen LogP contribution in [0, 0.1) is 0 Å². The predicted molar refractivity (Wildman–Crippen MR) is 80.4 cm³/mol. The minimum absolute atomic E-state index is 0.0854. The Morgan fingerprint density at radius 2 is 2.10 bits per heavy atom. The Hall–Kier alpha value is -0.920. The Kier molecular flexibility index (Phi) is 4.51. The number of halogens is 2. The van der Waals surface area contributed by atoms with Crippen LogP contribution in [0.4, 0.5) is 0 Å². The van der Waals surface area contributed by atoms with Gasteiger partial charge in [-0.3, -0.25) is 4.98 Å². The van der Waals surface area contributed by atoms with Crippen molar-refractivity contribution in [1.29, 1.82) is 0 Å². The minimum Gasteiger partial charge on any atom is -0.329 e. The van der Waals surface area contributed by atoms with E-state index in [-0.39, 0.29) is 10.9 Å². The molecule has 0 radical (unpaired) electrons. The summed E-state index contributed by atoms with van der Waals surface area (Å²) in [5, 5.41) is -0.120. The summed E-state index contributed by atoms with van der Waals surface area (Å²) in [6.45, 7) is 4.38. The molecule has 108 valence electrons. The topological polar surface area (TPSA) is 64.8 Å². The van der Waals surface area contributed by atoms with Crippen LogP contribution >= 0.6 is 26.6 Å². The van der Waals surface area contributed by atoms with Gasteiger partial charge in [-0.1, -0.05) is 13.8 Å². The van der Waals surface area contributed by atoms with Gasteiger partial charge in [-0.15, -0.1) is 0 Å². The lowest BCUT2D eigenvalue weighted by Crippen LogP contribution is -2.06. The molecule has 0 aromatic carbocycles. The smallest absolute Gasteiger partial charge is 0.280 e. The second-order valence-corrected chi connectivity index (χ2v) is 8.10. The molecule has 0 unspecified atom stereocenters. The van der Waals surface area contributed by atoms with E-state index in [0.29, 0.717) is 12.4 Å². The second-order valence-electron chi connectivity index (χ2n) is 4.67. The summed E-state index contributed by atoms with van der Waals surface area (Å²) in [5.74, 6) is 0.756. The molecule has 0 atom stereocenters. The highest BCUT2D eigenvalue weighted by Crippen LogP contribution is 2.21. The van der Waals surface area contributed by atoms with Gasteiger partial charge in [0.2, 0.25) is 0 Å². The number of pyridine rings is 1. The van der Waals surface area contributed by atoms with Crippen LogP contribution in [-0.2, 0) is 15.6 Å². The maximum absolute atomic E-state index is 11.4. The first-order valence-corrected chi connectivity index (χ1v) is 8.99. The summed E-state index contributed by atoms with van der Waals surface area (Å²) >= 11 is 3.36. The molecule has 2 rings (SSSR count).